The Hall–Kier alpha value is -2.69. The van der Waals surface area contributed by atoms with Crippen molar-refractivity contribution in [2.24, 2.45) is 0 Å². The first-order valence-electron chi connectivity index (χ1n) is 9.77. The van der Waals surface area contributed by atoms with E-state index in [1.165, 1.54) is 5.56 Å². The summed E-state index contributed by atoms with van der Waals surface area (Å²) in [5.41, 5.74) is 2.26. The molecule has 0 N–H and O–H groups in total. The van der Waals surface area contributed by atoms with E-state index in [0.29, 0.717) is 17.4 Å². The number of carbonyl (C=O) groups excluding carboxylic acids is 1. The van der Waals surface area contributed by atoms with Gasteiger partial charge in [-0.1, -0.05) is 32.0 Å². The Morgan fingerprint density at radius 1 is 1.11 bits per heavy atom. The Morgan fingerprint density at radius 2 is 1.89 bits per heavy atom. The Labute approximate surface area is 167 Å². The second kappa shape index (κ2) is 9.00. The topological polar surface area (TPSA) is 48.0 Å². The van der Waals surface area contributed by atoms with Crippen LogP contribution in [0, 0.1) is 0 Å². The molecular weight excluding hydrogens is 354 g/mol. The zero-order valence-electron chi connectivity index (χ0n) is 17.1. The van der Waals surface area contributed by atoms with Crippen molar-refractivity contribution in [3.8, 4) is 17.2 Å². The molecule has 0 radical (unpaired) electrons. The lowest BCUT2D eigenvalue weighted by Crippen LogP contribution is -2.34. The van der Waals surface area contributed by atoms with Gasteiger partial charge < -0.3 is 19.1 Å². The Morgan fingerprint density at radius 3 is 2.61 bits per heavy atom. The highest BCUT2D eigenvalue weighted by Gasteiger charge is 2.30. The normalized spacial score (nSPS) is 16.3. The number of ether oxygens (including phenoxy) is 3. The maximum absolute atomic E-state index is 12.8. The van der Waals surface area contributed by atoms with E-state index in [-0.39, 0.29) is 18.6 Å². The molecule has 5 nitrogen and oxygen atoms in total. The van der Waals surface area contributed by atoms with Crippen molar-refractivity contribution in [2.75, 3.05) is 27.4 Å². The lowest BCUT2D eigenvalue weighted by Gasteiger charge is -2.26. The number of hydrogen-bond acceptors (Lipinski definition) is 4. The highest BCUT2D eigenvalue weighted by Crippen LogP contribution is 2.37. The summed E-state index contributed by atoms with van der Waals surface area (Å²) in [5.74, 6) is 2.54. The zero-order valence-corrected chi connectivity index (χ0v) is 17.1. The van der Waals surface area contributed by atoms with Gasteiger partial charge in [0.1, 0.15) is 5.75 Å². The summed E-state index contributed by atoms with van der Waals surface area (Å²) >= 11 is 0. The van der Waals surface area contributed by atoms with Crippen LogP contribution in [0.3, 0.4) is 0 Å². The summed E-state index contributed by atoms with van der Waals surface area (Å²) in [6.45, 7) is 5.07. The highest BCUT2D eigenvalue weighted by atomic mass is 16.5. The molecule has 5 heteroatoms. The van der Waals surface area contributed by atoms with Crippen LogP contribution in [0.15, 0.2) is 42.5 Å². The van der Waals surface area contributed by atoms with Crippen molar-refractivity contribution < 1.29 is 19.0 Å². The van der Waals surface area contributed by atoms with E-state index in [9.17, 15) is 4.79 Å². The van der Waals surface area contributed by atoms with Gasteiger partial charge >= 0.3 is 0 Å². The minimum Gasteiger partial charge on any atom is -0.493 e. The molecule has 3 rings (SSSR count). The first-order chi connectivity index (χ1) is 13.5. The van der Waals surface area contributed by atoms with E-state index < -0.39 is 0 Å². The van der Waals surface area contributed by atoms with Crippen LogP contribution in [-0.2, 0) is 4.79 Å². The highest BCUT2D eigenvalue weighted by molar-refractivity contribution is 5.78. The third kappa shape index (κ3) is 4.41. The van der Waals surface area contributed by atoms with Crippen molar-refractivity contribution >= 4 is 5.91 Å². The molecule has 0 aromatic heterocycles. The van der Waals surface area contributed by atoms with Gasteiger partial charge in [0, 0.05) is 6.54 Å². The quantitative estimate of drug-likeness (QED) is 0.703. The number of hydrogen-bond donors (Lipinski definition) is 0. The van der Waals surface area contributed by atoms with E-state index in [1.807, 2.05) is 41.3 Å². The molecule has 1 fully saturated rings. The van der Waals surface area contributed by atoms with Crippen LogP contribution in [0.2, 0.25) is 0 Å². The molecule has 2 aromatic rings. The molecule has 0 aliphatic carbocycles. The second-order valence-electron chi connectivity index (χ2n) is 7.38. The van der Waals surface area contributed by atoms with E-state index in [0.717, 1.165) is 30.7 Å². The largest absolute Gasteiger partial charge is 0.493 e. The van der Waals surface area contributed by atoms with Crippen LogP contribution in [0.5, 0.6) is 17.2 Å². The third-order valence-electron chi connectivity index (χ3n) is 5.25. The van der Waals surface area contributed by atoms with Crippen molar-refractivity contribution in [2.45, 2.75) is 38.6 Å². The first kappa shape index (κ1) is 20.1. The van der Waals surface area contributed by atoms with Crippen molar-refractivity contribution in [3.63, 3.8) is 0 Å². The molecule has 0 spiro atoms. The Balaban J connectivity index is 1.69. The van der Waals surface area contributed by atoms with E-state index in [2.05, 4.69) is 19.9 Å². The molecule has 1 aliphatic rings. The summed E-state index contributed by atoms with van der Waals surface area (Å²) in [5, 5.41) is 0. The smallest absolute Gasteiger partial charge is 0.261 e. The molecule has 1 unspecified atom stereocenters. The van der Waals surface area contributed by atoms with Crippen LogP contribution in [0.1, 0.15) is 49.8 Å². The minimum absolute atomic E-state index is 0.00670. The van der Waals surface area contributed by atoms with Crippen molar-refractivity contribution in [1.29, 1.82) is 0 Å². The standard InChI is InChI=1S/C23H29NO4/c1-16(2)17-7-5-8-19(13-17)28-15-23(25)24-12-6-9-20(24)18-10-11-21(26-3)22(14-18)27-4/h5,7-8,10-11,13-14,16,20H,6,9,12,15H2,1-4H3. The maximum Gasteiger partial charge on any atom is 0.261 e. The fourth-order valence-electron chi connectivity index (χ4n) is 3.66. The third-order valence-corrected chi connectivity index (χ3v) is 5.25. The number of methoxy groups -OCH3 is 2. The predicted molar refractivity (Wildman–Crippen MR) is 109 cm³/mol. The molecule has 1 aliphatic heterocycles. The molecular formula is C23H29NO4. The number of amides is 1. The zero-order chi connectivity index (χ0) is 20.1. The molecule has 1 atom stereocenters. The fraction of sp³-hybridized carbons (Fsp3) is 0.435. The summed E-state index contributed by atoms with van der Waals surface area (Å²) in [4.78, 5) is 14.8. The molecule has 1 amide bonds. The van der Waals surface area contributed by atoms with Gasteiger partial charge in [-0.05, 0) is 54.2 Å². The van der Waals surface area contributed by atoms with Gasteiger partial charge in [0.25, 0.3) is 5.91 Å². The lowest BCUT2D eigenvalue weighted by atomic mass is 10.0. The van der Waals surface area contributed by atoms with Gasteiger partial charge in [-0.2, -0.15) is 0 Å². The monoisotopic (exact) mass is 383 g/mol. The van der Waals surface area contributed by atoms with Crippen molar-refractivity contribution in [3.05, 3.63) is 53.6 Å². The Kier molecular flexibility index (Phi) is 6.45. The van der Waals surface area contributed by atoms with Crippen LogP contribution in [-0.4, -0.2) is 38.2 Å². The summed E-state index contributed by atoms with van der Waals surface area (Å²) in [7, 11) is 3.24. The van der Waals surface area contributed by atoms with Crippen LogP contribution < -0.4 is 14.2 Å². The van der Waals surface area contributed by atoms with Gasteiger partial charge in [-0.15, -0.1) is 0 Å². The van der Waals surface area contributed by atoms with E-state index >= 15 is 0 Å². The maximum atomic E-state index is 12.8. The number of nitrogens with zero attached hydrogens (tertiary/aromatic N) is 1. The molecule has 2 aromatic carbocycles. The van der Waals surface area contributed by atoms with Crippen LogP contribution in [0.4, 0.5) is 0 Å². The second-order valence-corrected chi connectivity index (χ2v) is 7.38. The summed E-state index contributed by atoms with van der Waals surface area (Å²) in [6.07, 6.45) is 1.91. The minimum atomic E-state index is 0.00670. The predicted octanol–water partition coefficient (Wildman–Crippen LogP) is 4.57. The fourth-order valence-corrected chi connectivity index (χ4v) is 3.66. The molecule has 0 bridgehead atoms. The van der Waals surface area contributed by atoms with Crippen molar-refractivity contribution in [1.82, 2.24) is 4.90 Å². The first-order valence-corrected chi connectivity index (χ1v) is 9.77. The average Bonchev–Trinajstić information content (AvgIpc) is 3.21. The Bertz CT molecular complexity index is 818. The van der Waals surface area contributed by atoms with Gasteiger partial charge in [0.05, 0.1) is 20.3 Å². The lowest BCUT2D eigenvalue weighted by molar-refractivity contribution is -0.134. The molecule has 0 saturated carbocycles. The SMILES string of the molecule is COc1ccc(C2CCCN2C(=O)COc2cccc(C(C)C)c2)cc1OC. The number of carbonyl (C=O) groups is 1. The molecule has 1 heterocycles. The van der Waals surface area contributed by atoms with Gasteiger partial charge in [-0.25, -0.2) is 0 Å². The van der Waals surface area contributed by atoms with E-state index in [4.69, 9.17) is 14.2 Å². The number of rotatable bonds is 7. The summed E-state index contributed by atoms with van der Waals surface area (Å²) in [6, 6.07) is 13.8. The van der Waals surface area contributed by atoms with Crippen LogP contribution in [0.25, 0.3) is 0 Å². The summed E-state index contributed by atoms with van der Waals surface area (Å²) < 4.78 is 16.5. The van der Waals surface area contributed by atoms with Gasteiger partial charge in [-0.3, -0.25) is 4.79 Å². The van der Waals surface area contributed by atoms with Gasteiger partial charge in [0.2, 0.25) is 0 Å². The van der Waals surface area contributed by atoms with E-state index in [1.54, 1.807) is 14.2 Å². The number of benzene rings is 2. The average molecular weight is 383 g/mol. The molecule has 28 heavy (non-hydrogen) atoms. The van der Waals surface area contributed by atoms with Gasteiger partial charge in [0.15, 0.2) is 18.1 Å². The number of likely N-dealkylation sites (tertiary alicyclic amines) is 1. The molecule has 150 valence electrons. The molecule has 1 saturated heterocycles. The van der Waals surface area contributed by atoms with Crippen LogP contribution >= 0.6 is 0 Å².